The monoisotopic (exact) mass is 284 g/mol. The number of Topliss-reactive ketones (excluding diaryl/α,β-unsaturated/α-hetero) is 1. The largest absolute Gasteiger partial charge is 0.298 e. The Morgan fingerprint density at radius 3 is 2.60 bits per heavy atom. The van der Waals surface area contributed by atoms with E-state index in [4.69, 9.17) is 0 Å². The first-order valence-corrected chi connectivity index (χ1v) is 6.81. The standard InChI is InChI=1S/C12H13BrOS/c1-8-12(14)7-11(15-8)6-9-2-4-10(13)5-3-9/h2-5,8,11H,6-7H2,1H3. The zero-order valence-corrected chi connectivity index (χ0v) is 11.0. The molecular formula is C12H13BrOS. The van der Waals surface area contributed by atoms with Crippen LogP contribution in [0.2, 0.25) is 0 Å². The smallest absolute Gasteiger partial charge is 0.146 e. The second-order valence-electron chi connectivity index (χ2n) is 3.90. The fourth-order valence-electron chi connectivity index (χ4n) is 1.81. The van der Waals surface area contributed by atoms with Crippen LogP contribution in [-0.4, -0.2) is 16.3 Å². The average Bonchev–Trinajstić information content (AvgIpc) is 2.50. The minimum Gasteiger partial charge on any atom is -0.298 e. The minimum atomic E-state index is 0.199. The van der Waals surface area contributed by atoms with Gasteiger partial charge in [-0.2, -0.15) is 0 Å². The Bertz CT molecular complexity index is 360. The Morgan fingerprint density at radius 2 is 2.07 bits per heavy atom. The lowest BCUT2D eigenvalue weighted by molar-refractivity contribution is -0.117. The molecule has 0 bridgehead atoms. The van der Waals surface area contributed by atoms with Crippen molar-refractivity contribution < 1.29 is 4.79 Å². The summed E-state index contributed by atoms with van der Waals surface area (Å²) in [4.78, 5) is 11.4. The Balaban J connectivity index is 1.98. The van der Waals surface area contributed by atoms with Crippen LogP contribution < -0.4 is 0 Å². The summed E-state index contributed by atoms with van der Waals surface area (Å²) in [7, 11) is 0. The van der Waals surface area contributed by atoms with Gasteiger partial charge in [0, 0.05) is 16.1 Å². The summed E-state index contributed by atoms with van der Waals surface area (Å²) >= 11 is 5.23. The van der Waals surface area contributed by atoms with Crippen molar-refractivity contribution >= 4 is 33.5 Å². The van der Waals surface area contributed by atoms with Gasteiger partial charge >= 0.3 is 0 Å². The summed E-state index contributed by atoms with van der Waals surface area (Å²) in [5, 5.41) is 0.680. The van der Waals surface area contributed by atoms with Crippen LogP contribution in [0.25, 0.3) is 0 Å². The molecule has 1 aliphatic heterocycles. The van der Waals surface area contributed by atoms with E-state index in [1.807, 2.05) is 18.7 Å². The Morgan fingerprint density at radius 1 is 1.40 bits per heavy atom. The van der Waals surface area contributed by atoms with E-state index in [1.165, 1.54) is 5.56 Å². The van der Waals surface area contributed by atoms with Crippen LogP contribution in [-0.2, 0) is 11.2 Å². The highest BCUT2D eigenvalue weighted by atomic mass is 79.9. The third-order valence-electron chi connectivity index (χ3n) is 2.66. The minimum absolute atomic E-state index is 0.199. The Labute approximate surface area is 103 Å². The van der Waals surface area contributed by atoms with Crippen molar-refractivity contribution in [3.05, 3.63) is 34.3 Å². The van der Waals surface area contributed by atoms with E-state index in [2.05, 4.69) is 40.2 Å². The second-order valence-corrected chi connectivity index (χ2v) is 6.46. The van der Waals surface area contributed by atoms with Gasteiger partial charge in [0.2, 0.25) is 0 Å². The first-order chi connectivity index (χ1) is 7.15. The quantitative estimate of drug-likeness (QED) is 0.828. The van der Waals surface area contributed by atoms with Crippen molar-refractivity contribution in [2.24, 2.45) is 0 Å². The molecule has 2 atom stereocenters. The van der Waals surface area contributed by atoms with Crippen LogP contribution in [0, 0.1) is 0 Å². The molecule has 0 saturated carbocycles. The molecule has 0 amide bonds. The summed E-state index contributed by atoms with van der Waals surface area (Å²) < 4.78 is 1.11. The summed E-state index contributed by atoms with van der Waals surface area (Å²) in [6.45, 7) is 2.01. The molecule has 0 aliphatic carbocycles. The van der Waals surface area contributed by atoms with Gasteiger partial charge < -0.3 is 0 Å². The highest BCUT2D eigenvalue weighted by Gasteiger charge is 2.29. The highest BCUT2D eigenvalue weighted by molar-refractivity contribution is 9.10. The SMILES string of the molecule is CC1SC(Cc2ccc(Br)cc2)CC1=O. The summed E-state index contributed by atoms with van der Waals surface area (Å²) in [6, 6.07) is 8.36. The number of hydrogen-bond donors (Lipinski definition) is 0. The zero-order chi connectivity index (χ0) is 10.8. The number of ketones is 1. The summed E-state index contributed by atoms with van der Waals surface area (Å²) in [6.07, 6.45) is 1.75. The number of rotatable bonds is 2. The molecule has 15 heavy (non-hydrogen) atoms. The van der Waals surface area contributed by atoms with Gasteiger partial charge in [-0.3, -0.25) is 4.79 Å². The molecule has 3 heteroatoms. The van der Waals surface area contributed by atoms with Gasteiger partial charge in [0.15, 0.2) is 0 Å². The lowest BCUT2D eigenvalue weighted by Crippen LogP contribution is -2.05. The first kappa shape index (κ1) is 11.2. The molecule has 0 aromatic heterocycles. The molecule has 2 rings (SSSR count). The van der Waals surface area contributed by atoms with Crippen LogP contribution in [0.4, 0.5) is 0 Å². The number of carbonyl (C=O) groups is 1. The van der Waals surface area contributed by atoms with Crippen molar-refractivity contribution in [1.29, 1.82) is 0 Å². The fraction of sp³-hybridized carbons (Fsp3) is 0.417. The van der Waals surface area contributed by atoms with Gasteiger partial charge in [-0.1, -0.05) is 28.1 Å². The maximum Gasteiger partial charge on any atom is 0.146 e. The third-order valence-corrected chi connectivity index (χ3v) is 4.57. The predicted molar refractivity (Wildman–Crippen MR) is 68.3 cm³/mol. The van der Waals surface area contributed by atoms with Gasteiger partial charge in [-0.25, -0.2) is 0 Å². The van der Waals surface area contributed by atoms with Gasteiger partial charge in [-0.05, 0) is 31.0 Å². The van der Waals surface area contributed by atoms with E-state index in [9.17, 15) is 4.79 Å². The molecule has 0 spiro atoms. The van der Waals surface area contributed by atoms with Gasteiger partial charge in [0.25, 0.3) is 0 Å². The maximum atomic E-state index is 11.4. The van der Waals surface area contributed by atoms with E-state index < -0.39 is 0 Å². The molecule has 0 radical (unpaired) electrons. The fourth-order valence-corrected chi connectivity index (χ4v) is 3.45. The van der Waals surface area contributed by atoms with Crippen LogP contribution in [0.3, 0.4) is 0 Å². The number of benzene rings is 1. The van der Waals surface area contributed by atoms with Crippen LogP contribution >= 0.6 is 27.7 Å². The van der Waals surface area contributed by atoms with Crippen molar-refractivity contribution in [1.82, 2.24) is 0 Å². The molecular weight excluding hydrogens is 272 g/mol. The van der Waals surface area contributed by atoms with Gasteiger partial charge in [-0.15, -0.1) is 11.8 Å². The number of thioether (sulfide) groups is 1. The summed E-state index contributed by atoms with van der Waals surface area (Å²) in [5.74, 6) is 0.405. The third kappa shape index (κ3) is 2.85. The van der Waals surface area contributed by atoms with Crippen LogP contribution in [0.5, 0.6) is 0 Å². The van der Waals surface area contributed by atoms with Gasteiger partial charge in [0.1, 0.15) is 5.78 Å². The van der Waals surface area contributed by atoms with E-state index in [0.717, 1.165) is 17.3 Å². The molecule has 1 aromatic rings. The average molecular weight is 285 g/mol. The first-order valence-electron chi connectivity index (χ1n) is 5.08. The molecule has 1 fully saturated rings. The zero-order valence-electron chi connectivity index (χ0n) is 8.57. The lowest BCUT2D eigenvalue weighted by Gasteiger charge is -2.08. The normalized spacial score (nSPS) is 25.9. The molecule has 1 nitrogen and oxygen atoms in total. The van der Waals surface area contributed by atoms with E-state index in [0.29, 0.717) is 11.0 Å². The van der Waals surface area contributed by atoms with Gasteiger partial charge in [0.05, 0.1) is 5.25 Å². The number of hydrogen-bond acceptors (Lipinski definition) is 2. The number of halogens is 1. The van der Waals surface area contributed by atoms with Crippen molar-refractivity contribution in [3.63, 3.8) is 0 Å². The second kappa shape index (κ2) is 4.71. The Kier molecular flexibility index (Phi) is 3.52. The molecule has 1 heterocycles. The molecule has 80 valence electrons. The molecule has 2 unspecified atom stereocenters. The van der Waals surface area contributed by atoms with E-state index >= 15 is 0 Å². The van der Waals surface area contributed by atoms with Crippen molar-refractivity contribution in [2.75, 3.05) is 0 Å². The molecule has 1 aromatic carbocycles. The van der Waals surface area contributed by atoms with Crippen LogP contribution in [0.15, 0.2) is 28.7 Å². The maximum absolute atomic E-state index is 11.4. The highest BCUT2D eigenvalue weighted by Crippen LogP contribution is 2.32. The van der Waals surface area contributed by atoms with Crippen molar-refractivity contribution in [3.8, 4) is 0 Å². The molecule has 0 N–H and O–H groups in total. The predicted octanol–water partition coefficient (Wildman–Crippen LogP) is 3.45. The van der Waals surface area contributed by atoms with Crippen LogP contribution in [0.1, 0.15) is 18.9 Å². The summed E-state index contributed by atoms with van der Waals surface area (Å²) in [5.41, 5.74) is 1.32. The van der Waals surface area contributed by atoms with E-state index in [-0.39, 0.29) is 5.25 Å². The lowest BCUT2D eigenvalue weighted by atomic mass is 10.1. The molecule has 1 saturated heterocycles. The van der Waals surface area contributed by atoms with E-state index in [1.54, 1.807) is 0 Å². The van der Waals surface area contributed by atoms with Crippen molar-refractivity contribution in [2.45, 2.75) is 30.3 Å². The number of carbonyl (C=O) groups excluding carboxylic acids is 1. The topological polar surface area (TPSA) is 17.1 Å². The molecule has 1 aliphatic rings. The Hall–Kier alpha value is -0.280.